The van der Waals surface area contributed by atoms with Gasteiger partial charge in [0.1, 0.15) is 5.82 Å². The van der Waals surface area contributed by atoms with E-state index < -0.39 is 0 Å². The van der Waals surface area contributed by atoms with Gasteiger partial charge < -0.3 is 16.0 Å². The van der Waals surface area contributed by atoms with Crippen LogP contribution in [-0.2, 0) is 0 Å². The molecular weight excluding hydrogens is 325 g/mol. The Morgan fingerprint density at radius 3 is 2.46 bits per heavy atom. The van der Waals surface area contributed by atoms with Gasteiger partial charge in [-0.1, -0.05) is 19.1 Å². The van der Waals surface area contributed by atoms with Crippen molar-refractivity contribution >= 4 is 34.6 Å². The summed E-state index contributed by atoms with van der Waals surface area (Å²) in [6.45, 7) is 3.96. The summed E-state index contributed by atoms with van der Waals surface area (Å²) in [6, 6.07) is 13.1. The Hall–Kier alpha value is -2.47. The van der Waals surface area contributed by atoms with Gasteiger partial charge in [-0.2, -0.15) is 0 Å². The largest absolute Gasteiger partial charge is 0.350 e. The predicted octanol–water partition coefficient (Wildman–Crippen LogP) is 4.16. The van der Waals surface area contributed by atoms with Crippen molar-refractivity contribution in [3.8, 4) is 0 Å². The molecule has 126 valence electrons. The van der Waals surface area contributed by atoms with Crippen LogP contribution < -0.4 is 16.0 Å². The average molecular weight is 345 g/mol. The molecule has 2 aromatic carbocycles. The van der Waals surface area contributed by atoms with E-state index in [9.17, 15) is 9.18 Å². The summed E-state index contributed by atoms with van der Waals surface area (Å²) in [6.07, 6.45) is 0.853. The monoisotopic (exact) mass is 345 g/mol. The maximum absolute atomic E-state index is 12.9. The fourth-order valence-electron chi connectivity index (χ4n) is 2.01. The molecule has 0 heterocycles. The lowest BCUT2D eigenvalue weighted by Crippen LogP contribution is -2.32. The number of hydrogen-bond acceptors (Lipinski definition) is 2. The Morgan fingerprint density at radius 2 is 1.79 bits per heavy atom. The molecule has 2 aromatic rings. The van der Waals surface area contributed by atoms with E-state index in [4.69, 9.17) is 12.2 Å². The van der Waals surface area contributed by atoms with E-state index in [1.807, 2.05) is 19.9 Å². The summed E-state index contributed by atoms with van der Waals surface area (Å²) in [5.41, 5.74) is 1.79. The van der Waals surface area contributed by atoms with E-state index in [-0.39, 0.29) is 17.8 Å². The first-order chi connectivity index (χ1) is 11.5. The molecule has 0 aliphatic rings. The molecule has 1 unspecified atom stereocenters. The van der Waals surface area contributed by atoms with Crippen molar-refractivity contribution in [2.24, 2.45) is 0 Å². The van der Waals surface area contributed by atoms with E-state index >= 15 is 0 Å². The number of thiocarbonyl (C=S) groups is 1. The SMILES string of the molecule is CCC(C)NC(=O)c1ccccc1NC(=S)Nc1ccc(F)cc1. The van der Waals surface area contributed by atoms with Crippen LogP contribution in [0.2, 0.25) is 0 Å². The Labute approximate surface area is 146 Å². The van der Waals surface area contributed by atoms with Crippen molar-refractivity contribution in [1.29, 1.82) is 0 Å². The number of halogens is 1. The molecule has 24 heavy (non-hydrogen) atoms. The van der Waals surface area contributed by atoms with Crippen molar-refractivity contribution in [1.82, 2.24) is 5.32 Å². The quantitative estimate of drug-likeness (QED) is 0.712. The standard InChI is InChI=1S/C18H20FN3OS/c1-3-12(2)20-17(23)15-6-4-5-7-16(15)22-18(24)21-14-10-8-13(19)9-11-14/h4-12H,3H2,1-2H3,(H,20,23)(H2,21,22,24). The van der Waals surface area contributed by atoms with Crippen LogP contribution >= 0.6 is 12.2 Å². The van der Waals surface area contributed by atoms with Crippen LogP contribution in [0, 0.1) is 5.82 Å². The molecule has 0 saturated carbocycles. The lowest BCUT2D eigenvalue weighted by molar-refractivity contribution is 0.0940. The third kappa shape index (κ3) is 5.03. The molecule has 0 aromatic heterocycles. The van der Waals surface area contributed by atoms with Gasteiger partial charge in [0, 0.05) is 11.7 Å². The number of amides is 1. The number of rotatable bonds is 5. The maximum Gasteiger partial charge on any atom is 0.253 e. The summed E-state index contributed by atoms with van der Waals surface area (Å²) in [5, 5.41) is 9.22. The van der Waals surface area contributed by atoms with Gasteiger partial charge in [0.05, 0.1) is 11.3 Å². The van der Waals surface area contributed by atoms with Crippen LogP contribution in [0.3, 0.4) is 0 Å². The number of hydrogen-bond donors (Lipinski definition) is 3. The normalized spacial score (nSPS) is 11.5. The minimum atomic E-state index is -0.313. The minimum absolute atomic E-state index is 0.0925. The van der Waals surface area contributed by atoms with Crippen molar-refractivity contribution in [2.75, 3.05) is 10.6 Å². The lowest BCUT2D eigenvalue weighted by atomic mass is 10.1. The number of anilines is 2. The van der Waals surface area contributed by atoms with E-state index in [1.165, 1.54) is 12.1 Å². The van der Waals surface area contributed by atoms with Gasteiger partial charge in [0.25, 0.3) is 5.91 Å². The highest BCUT2D eigenvalue weighted by molar-refractivity contribution is 7.80. The Kier molecular flexibility index (Phi) is 6.26. The smallest absolute Gasteiger partial charge is 0.253 e. The molecule has 0 radical (unpaired) electrons. The van der Waals surface area contributed by atoms with E-state index in [2.05, 4.69) is 16.0 Å². The van der Waals surface area contributed by atoms with Crippen molar-refractivity contribution in [3.05, 3.63) is 59.9 Å². The molecule has 6 heteroatoms. The van der Waals surface area contributed by atoms with E-state index in [0.717, 1.165) is 6.42 Å². The zero-order valence-corrected chi connectivity index (χ0v) is 14.4. The Balaban J connectivity index is 2.07. The topological polar surface area (TPSA) is 53.2 Å². The van der Waals surface area contributed by atoms with Gasteiger partial charge in [0.2, 0.25) is 0 Å². The molecule has 1 atom stereocenters. The number of nitrogens with one attached hydrogen (secondary N) is 3. The first-order valence-corrected chi connectivity index (χ1v) is 8.14. The zero-order valence-electron chi connectivity index (χ0n) is 13.6. The van der Waals surface area contributed by atoms with E-state index in [0.29, 0.717) is 22.1 Å². The third-order valence-electron chi connectivity index (χ3n) is 3.51. The van der Waals surface area contributed by atoms with Crippen molar-refractivity contribution < 1.29 is 9.18 Å². The number of para-hydroxylation sites is 1. The fourth-order valence-corrected chi connectivity index (χ4v) is 2.24. The first-order valence-electron chi connectivity index (χ1n) is 7.73. The Morgan fingerprint density at radius 1 is 1.12 bits per heavy atom. The summed E-state index contributed by atoms with van der Waals surface area (Å²) in [4.78, 5) is 12.4. The second kappa shape index (κ2) is 8.40. The van der Waals surface area contributed by atoms with Crippen LogP contribution in [0.25, 0.3) is 0 Å². The molecule has 4 nitrogen and oxygen atoms in total. The minimum Gasteiger partial charge on any atom is -0.350 e. The third-order valence-corrected chi connectivity index (χ3v) is 3.72. The highest BCUT2D eigenvalue weighted by atomic mass is 32.1. The summed E-state index contributed by atoms with van der Waals surface area (Å²) < 4.78 is 12.9. The summed E-state index contributed by atoms with van der Waals surface area (Å²) in [5.74, 6) is -0.469. The maximum atomic E-state index is 12.9. The van der Waals surface area contributed by atoms with Crippen LogP contribution in [0.1, 0.15) is 30.6 Å². The highest BCUT2D eigenvalue weighted by Crippen LogP contribution is 2.16. The van der Waals surface area contributed by atoms with Crippen LogP contribution in [-0.4, -0.2) is 17.1 Å². The van der Waals surface area contributed by atoms with Crippen molar-refractivity contribution in [2.45, 2.75) is 26.3 Å². The molecule has 0 aliphatic carbocycles. The van der Waals surface area contributed by atoms with Gasteiger partial charge >= 0.3 is 0 Å². The number of benzene rings is 2. The molecule has 2 rings (SSSR count). The second-order valence-electron chi connectivity index (χ2n) is 5.41. The van der Waals surface area contributed by atoms with Gasteiger partial charge in [-0.3, -0.25) is 4.79 Å². The first kappa shape index (κ1) is 17.9. The fraction of sp³-hybridized carbons (Fsp3) is 0.222. The highest BCUT2D eigenvalue weighted by Gasteiger charge is 2.13. The summed E-state index contributed by atoms with van der Waals surface area (Å²) in [7, 11) is 0. The molecule has 1 amide bonds. The molecule has 0 bridgehead atoms. The predicted molar refractivity (Wildman–Crippen MR) is 99.9 cm³/mol. The molecule has 3 N–H and O–H groups in total. The van der Waals surface area contributed by atoms with Gasteiger partial charge in [-0.15, -0.1) is 0 Å². The van der Waals surface area contributed by atoms with Gasteiger partial charge in [0.15, 0.2) is 5.11 Å². The number of carbonyl (C=O) groups is 1. The van der Waals surface area contributed by atoms with Crippen molar-refractivity contribution in [3.63, 3.8) is 0 Å². The number of carbonyl (C=O) groups excluding carboxylic acids is 1. The van der Waals surface area contributed by atoms with Gasteiger partial charge in [-0.25, -0.2) is 4.39 Å². The Bertz CT molecular complexity index is 718. The average Bonchev–Trinajstić information content (AvgIpc) is 2.57. The van der Waals surface area contributed by atoms with E-state index in [1.54, 1.807) is 30.3 Å². The zero-order chi connectivity index (χ0) is 17.5. The van der Waals surface area contributed by atoms with Crippen LogP contribution in [0.15, 0.2) is 48.5 Å². The molecule has 0 aliphatic heterocycles. The van der Waals surface area contributed by atoms with Crippen LogP contribution in [0.5, 0.6) is 0 Å². The molecule has 0 saturated heterocycles. The molecule has 0 spiro atoms. The lowest BCUT2D eigenvalue weighted by Gasteiger charge is -2.16. The second-order valence-corrected chi connectivity index (χ2v) is 5.82. The van der Waals surface area contributed by atoms with Gasteiger partial charge in [-0.05, 0) is 62.0 Å². The molecular formula is C18H20FN3OS. The molecule has 0 fully saturated rings. The van der Waals surface area contributed by atoms with Crippen LogP contribution in [0.4, 0.5) is 15.8 Å². The summed E-state index contributed by atoms with van der Waals surface area (Å²) >= 11 is 5.26.